The average molecular weight is 237 g/mol. The number of carbonyl (C=O) groups excluding carboxylic acids is 1. The zero-order chi connectivity index (χ0) is 12.7. The number of carbonyl (C=O) groups is 1. The minimum Gasteiger partial charge on any atom is -0.469 e. The summed E-state index contributed by atoms with van der Waals surface area (Å²) in [6.07, 6.45) is 4.26. The molecule has 0 aliphatic heterocycles. The minimum atomic E-state index is 0.297. The molecule has 0 bridgehead atoms. The molecule has 17 heavy (non-hydrogen) atoms. The second kappa shape index (κ2) is 7.28. The van der Waals surface area contributed by atoms with Crippen LogP contribution in [0.1, 0.15) is 39.4 Å². The van der Waals surface area contributed by atoms with E-state index in [1.807, 2.05) is 26.0 Å². The molecule has 0 aliphatic carbocycles. The maximum atomic E-state index is 11.6. The highest BCUT2D eigenvalue weighted by Crippen LogP contribution is 2.13. The summed E-state index contributed by atoms with van der Waals surface area (Å²) in [5.74, 6) is 1.72. The van der Waals surface area contributed by atoms with Crippen LogP contribution < -0.4 is 5.32 Å². The summed E-state index contributed by atoms with van der Waals surface area (Å²) in [7, 11) is 0. The van der Waals surface area contributed by atoms with Crippen LogP contribution in [0.2, 0.25) is 0 Å². The van der Waals surface area contributed by atoms with Crippen LogP contribution in [0.5, 0.6) is 0 Å². The lowest BCUT2D eigenvalue weighted by Crippen LogP contribution is -2.29. The van der Waals surface area contributed by atoms with Gasteiger partial charge in [0.15, 0.2) is 0 Å². The van der Waals surface area contributed by atoms with E-state index >= 15 is 0 Å². The number of rotatable bonds is 8. The number of hydrogen-bond donors (Lipinski definition) is 1. The van der Waals surface area contributed by atoms with Crippen molar-refractivity contribution in [3.63, 3.8) is 0 Å². The second-order valence-corrected chi connectivity index (χ2v) is 5.00. The summed E-state index contributed by atoms with van der Waals surface area (Å²) in [6.45, 7) is 6.71. The molecule has 1 unspecified atom stereocenters. The van der Waals surface area contributed by atoms with Crippen LogP contribution in [0.4, 0.5) is 0 Å². The first-order valence-corrected chi connectivity index (χ1v) is 6.35. The van der Waals surface area contributed by atoms with Crippen molar-refractivity contribution in [2.75, 3.05) is 6.54 Å². The lowest BCUT2D eigenvalue weighted by Gasteiger charge is -2.11. The molecule has 0 saturated heterocycles. The van der Waals surface area contributed by atoms with E-state index in [1.54, 1.807) is 6.26 Å². The molecule has 1 aromatic rings. The number of hydrogen-bond acceptors (Lipinski definition) is 3. The van der Waals surface area contributed by atoms with E-state index in [-0.39, 0.29) is 0 Å². The fourth-order valence-electron chi connectivity index (χ4n) is 1.72. The number of ketones is 1. The Bertz CT molecular complexity index is 317. The predicted molar refractivity (Wildman–Crippen MR) is 69.0 cm³/mol. The van der Waals surface area contributed by atoms with Crippen LogP contribution in [-0.4, -0.2) is 18.4 Å². The van der Waals surface area contributed by atoms with Gasteiger partial charge in [0, 0.05) is 18.9 Å². The van der Waals surface area contributed by atoms with Crippen LogP contribution in [0, 0.1) is 5.92 Å². The molecular formula is C14H23NO2. The van der Waals surface area contributed by atoms with Crippen molar-refractivity contribution >= 4 is 5.78 Å². The molecule has 1 aromatic heterocycles. The fraction of sp³-hybridized carbons (Fsp3) is 0.643. The molecule has 1 rings (SSSR count). The summed E-state index contributed by atoms with van der Waals surface area (Å²) in [5.41, 5.74) is 0. The van der Waals surface area contributed by atoms with Gasteiger partial charge in [-0.3, -0.25) is 4.79 Å². The maximum Gasteiger partial charge on any atom is 0.146 e. The standard InChI is InChI=1S/C14H23NO2/c1-11(2)15-10-13(16)9-12(3)6-7-14-5-4-8-17-14/h4-5,8,11-12,15H,6-7,9-10H2,1-3H3. The first-order valence-electron chi connectivity index (χ1n) is 6.35. The van der Waals surface area contributed by atoms with Crippen molar-refractivity contribution in [1.82, 2.24) is 5.32 Å². The molecule has 0 saturated carbocycles. The van der Waals surface area contributed by atoms with Crippen LogP contribution in [0.15, 0.2) is 22.8 Å². The maximum absolute atomic E-state index is 11.6. The molecular weight excluding hydrogens is 214 g/mol. The summed E-state index contributed by atoms with van der Waals surface area (Å²) >= 11 is 0. The summed E-state index contributed by atoms with van der Waals surface area (Å²) in [5, 5.41) is 3.15. The van der Waals surface area contributed by atoms with Crippen LogP contribution in [-0.2, 0) is 11.2 Å². The SMILES string of the molecule is CC(CCc1ccco1)CC(=O)CNC(C)C. The Morgan fingerprint density at radius 2 is 2.18 bits per heavy atom. The monoisotopic (exact) mass is 237 g/mol. The van der Waals surface area contributed by atoms with Crippen molar-refractivity contribution in [3.05, 3.63) is 24.2 Å². The van der Waals surface area contributed by atoms with Gasteiger partial charge in [-0.1, -0.05) is 20.8 Å². The normalized spacial score (nSPS) is 12.9. The third-order valence-corrected chi connectivity index (χ3v) is 2.75. The number of aryl methyl sites for hydroxylation is 1. The van der Waals surface area contributed by atoms with Gasteiger partial charge in [-0.2, -0.15) is 0 Å². The van der Waals surface area contributed by atoms with Gasteiger partial charge in [0.2, 0.25) is 0 Å². The summed E-state index contributed by atoms with van der Waals surface area (Å²) < 4.78 is 5.27. The number of Topliss-reactive ketones (excluding diaryl/α,β-unsaturated/α-hetero) is 1. The van der Waals surface area contributed by atoms with Crippen LogP contribution in [0.25, 0.3) is 0 Å². The average Bonchev–Trinajstić information content (AvgIpc) is 2.76. The molecule has 0 aromatic carbocycles. The predicted octanol–water partition coefficient (Wildman–Crippen LogP) is 2.81. The van der Waals surface area contributed by atoms with Gasteiger partial charge in [0.1, 0.15) is 11.5 Å². The van der Waals surface area contributed by atoms with Crippen molar-refractivity contribution < 1.29 is 9.21 Å². The van der Waals surface area contributed by atoms with E-state index < -0.39 is 0 Å². The molecule has 0 aliphatic rings. The zero-order valence-corrected chi connectivity index (χ0v) is 11.0. The van der Waals surface area contributed by atoms with Gasteiger partial charge >= 0.3 is 0 Å². The topological polar surface area (TPSA) is 42.2 Å². The highest BCUT2D eigenvalue weighted by molar-refractivity contribution is 5.80. The fourth-order valence-corrected chi connectivity index (χ4v) is 1.72. The Labute approximate surface area is 104 Å². The van der Waals surface area contributed by atoms with Gasteiger partial charge < -0.3 is 9.73 Å². The Kier molecular flexibility index (Phi) is 5.98. The highest BCUT2D eigenvalue weighted by Gasteiger charge is 2.10. The molecule has 0 fully saturated rings. The molecule has 1 atom stereocenters. The molecule has 0 amide bonds. The van der Waals surface area contributed by atoms with Gasteiger partial charge in [0.25, 0.3) is 0 Å². The Balaban J connectivity index is 2.15. The van der Waals surface area contributed by atoms with Gasteiger partial charge in [-0.15, -0.1) is 0 Å². The minimum absolute atomic E-state index is 0.297. The third-order valence-electron chi connectivity index (χ3n) is 2.75. The van der Waals surface area contributed by atoms with Gasteiger partial charge in [-0.25, -0.2) is 0 Å². The first kappa shape index (κ1) is 14.0. The quantitative estimate of drug-likeness (QED) is 0.756. The Morgan fingerprint density at radius 3 is 2.76 bits per heavy atom. The van der Waals surface area contributed by atoms with Gasteiger partial charge in [-0.05, 0) is 24.5 Å². The molecule has 0 spiro atoms. The lowest BCUT2D eigenvalue weighted by molar-refractivity contribution is -0.119. The first-order chi connectivity index (χ1) is 8.08. The van der Waals surface area contributed by atoms with E-state index in [4.69, 9.17) is 4.42 Å². The van der Waals surface area contributed by atoms with E-state index in [9.17, 15) is 4.79 Å². The second-order valence-electron chi connectivity index (χ2n) is 5.00. The summed E-state index contributed by atoms with van der Waals surface area (Å²) in [6, 6.07) is 4.25. The third kappa shape index (κ3) is 6.27. The van der Waals surface area contributed by atoms with E-state index in [0.29, 0.717) is 30.7 Å². The lowest BCUT2D eigenvalue weighted by atomic mass is 9.98. The smallest absolute Gasteiger partial charge is 0.146 e. The number of furan rings is 1. The van der Waals surface area contributed by atoms with Crippen molar-refractivity contribution in [3.8, 4) is 0 Å². The van der Waals surface area contributed by atoms with Crippen LogP contribution >= 0.6 is 0 Å². The van der Waals surface area contributed by atoms with E-state index in [1.165, 1.54) is 0 Å². The number of nitrogens with one attached hydrogen (secondary N) is 1. The molecule has 3 nitrogen and oxygen atoms in total. The Hall–Kier alpha value is -1.09. The molecule has 1 N–H and O–H groups in total. The molecule has 96 valence electrons. The Morgan fingerprint density at radius 1 is 1.41 bits per heavy atom. The molecule has 3 heteroatoms. The zero-order valence-electron chi connectivity index (χ0n) is 11.0. The molecule has 1 heterocycles. The van der Waals surface area contributed by atoms with Crippen molar-refractivity contribution in [1.29, 1.82) is 0 Å². The van der Waals surface area contributed by atoms with E-state index in [2.05, 4.69) is 12.2 Å². The van der Waals surface area contributed by atoms with Gasteiger partial charge in [0.05, 0.1) is 12.8 Å². The highest BCUT2D eigenvalue weighted by atomic mass is 16.3. The van der Waals surface area contributed by atoms with Crippen molar-refractivity contribution in [2.24, 2.45) is 5.92 Å². The van der Waals surface area contributed by atoms with Crippen LogP contribution in [0.3, 0.4) is 0 Å². The largest absolute Gasteiger partial charge is 0.469 e. The summed E-state index contributed by atoms with van der Waals surface area (Å²) in [4.78, 5) is 11.6. The molecule has 0 radical (unpaired) electrons. The van der Waals surface area contributed by atoms with E-state index in [0.717, 1.165) is 18.6 Å². The van der Waals surface area contributed by atoms with Crippen molar-refractivity contribution in [2.45, 2.75) is 46.1 Å².